The zero-order valence-corrected chi connectivity index (χ0v) is 32.4. The van der Waals surface area contributed by atoms with Gasteiger partial charge in [-0.05, 0) is 31.0 Å². The van der Waals surface area contributed by atoms with Crippen molar-refractivity contribution < 1.29 is 23.8 Å². The van der Waals surface area contributed by atoms with E-state index in [9.17, 15) is 14.7 Å². The van der Waals surface area contributed by atoms with Crippen LogP contribution in [0.15, 0.2) is 59.9 Å². The molecule has 23 nitrogen and oxygen atoms in total. The van der Waals surface area contributed by atoms with Crippen molar-refractivity contribution in [2.24, 2.45) is 0 Å². The summed E-state index contributed by atoms with van der Waals surface area (Å²) in [4.78, 5) is 59.7. The van der Waals surface area contributed by atoms with Crippen LogP contribution in [0.1, 0.15) is 35.3 Å². The number of carbonyl (C=O) groups excluding carboxylic acids is 2. The van der Waals surface area contributed by atoms with E-state index in [2.05, 4.69) is 60.7 Å². The Balaban J connectivity index is 0.696. The molecule has 6 aromatic heterocycles. The number of piperazine rings is 1. The molecule has 23 heteroatoms. The lowest BCUT2D eigenvalue weighted by Gasteiger charge is -2.34. The lowest BCUT2D eigenvalue weighted by molar-refractivity contribution is -0.122. The van der Waals surface area contributed by atoms with Gasteiger partial charge in [0, 0.05) is 70.2 Å². The second-order valence-electron chi connectivity index (χ2n) is 13.7. The molecule has 0 spiro atoms. The maximum atomic E-state index is 12.7. The topological polar surface area (TPSA) is 298 Å². The summed E-state index contributed by atoms with van der Waals surface area (Å²) in [5, 5.41) is 28.2. The summed E-state index contributed by atoms with van der Waals surface area (Å²) in [7, 11) is 0. The predicted octanol–water partition coefficient (Wildman–Crippen LogP) is 0.512. The Bertz CT molecular complexity index is 2570. The number of aliphatic hydroxyl groups excluding tert-OH is 1. The summed E-state index contributed by atoms with van der Waals surface area (Å²) >= 11 is 0. The second kappa shape index (κ2) is 18.0. The van der Waals surface area contributed by atoms with Gasteiger partial charge in [0.2, 0.25) is 17.8 Å². The first-order valence-electron chi connectivity index (χ1n) is 19.3. The zero-order valence-electron chi connectivity index (χ0n) is 32.4. The van der Waals surface area contributed by atoms with Crippen molar-refractivity contribution in [1.82, 2.24) is 70.3 Å². The van der Waals surface area contributed by atoms with Crippen LogP contribution in [-0.2, 0) is 22.7 Å². The lowest BCUT2D eigenvalue weighted by atomic mass is 10.1. The van der Waals surface area contributed by atoms with Crippen LogP contribution in [0.5, 0.6) is 0 Å². The number of amides is 2. The quantitative estimate of drug-likeness (QED) is 0.0782. The Hall–Kier alpha value is -7.40. The molecule has 8 rings (SSSR count). The Labute approximate surface area is 341 Å². The summed E-state index contributed by atoms with van der Waals surface area (Å²) in [5.41, 5.74) is 16.6. The summed E-state index contributed by atoms with van der Waals surface area (Å²) < 4.78 is 14.3. The monoisotopic (exact) mass is 818 g/mol. The average Bonchev–Trinajstić information content (AvgIpc) is 4.02. The number of oxazole rings is 1. The van der Waals surface area contributed by atoms with E-state index in [1.807, 2.05) is 17.0 Å². The highest BCUT2D eigenvalue weighted by atomic mass is 16.5. The summed E-state index contributed by atoms with van der Waals surface area (Å²) in [6, 6.07) is 5.56. The number of hydrogen-bond acceptors (Lipinski definition) is 19. The van der Waals surface area contributed by atoms with Gasteiger partial charge < -0.3 is 46.2 Å². The first kappa shape index (κ1) is 39.4. The first-order chi connectivity index (χ1) is 29.3. The van der Waals surface area contributed by atoms with Gasteiger partial charge in [-0.1, -0.05) is 5.21 Å². The van der Waals surface area contributed by atoms with Crippen LogP contribution < -0.4 is 31.9 Å². The van der Waals surface area contributed by atoms with Crippen LogP contribution in [-0.4, -0.2) is 129 Å². The van der Waals surface area contributed by atoms with Gasteiger partial charge in [-0.25, -0.2) is 39.3 Å². The number of aromatic nitrogens is 12. The number of carbonyl (C=O) groups is 2. The minimum absolute atomic E-state index is 0.0849. The van der Waals surface area contributed by atoms with Gasteiger partial charge in [-0.15, -0.1) is 5.10 Å². The fourth-order valence-electron chi connectivity index (χ4n) is 6.59. The SMILES string of the molecule is Nc1nc2cc(-c3nn(CCCCNC(=O)CCOCCNC(=O)c4cnc(N5CCN(c6ncc(-n7cc(CO)nn7)cn6)CC5)nc4)c4ncnc(N)c34)ccc2o1. The third kappa shape index (κ3) is 9.00. The van der Waals surface area contributed by atoms with Gasteiger partial charge in [-0.3, -0.25) is 9.59 Å². The zero-order chi connectivity index (χ0) is 41.4. The normalized spacial score (nSPS) is 13.0. The number of anilines is 4. The number of aliphatic hydroxyl groups is 1. The first-order valence-corrected chi connectivity index (χ1v) is 19.3. The van der Waals surface area contributed by atoms with E-state index in [1.165, 1.54) is 23.4 Å². The number of nitrogen functional groups attached to an aromatic ring is 2. The van der Waals surface area contributed by atoms with Gasteiger partial charge in [0.1, 0.15) is 34.7 Å². The average molecular weight is 819 g/mol. The molecule has 310 valence electrons. The number of rotatable bonds is 17. The number of nitrogens with one attached hydrogen (secondary N) is 2. The van der Waals surface area contributed by atoms with E-state index in [4.69, 9.17) is 25.7 Å². The third-order valence-corrected chi connectivity index (χ3v) is 9.70. The number of aryl methyl sites for hydroxylation is 1. The molecule has 0 bridgehead atoms. The lowest BCUT2D eigenvalue weighted by Crippen LogP contribution is -2.47. The molecule has 2 amide bonds. The smallest absolute Gasteiger partial charge is 0.292 e. The van der Waals surface area contributed by atoms with Crippen molar-refractivity contribution in [1.29, 1.82) is 0 Å². The standard InChI is InChI=1S/C37H42N18O5/c38-32-30-31(23-3-4-28-27(15-23)48-35(39)60-28)50-54(33(30)47-22-46-32)8-2-1-6-40-29(57)5-13-59-14-7-41-34(58)24-16-42-36(43-17-24)52-9-11-53(12-10-52)37-44-18-26(19-45-37)55-20-25(21-56)49-51-55/h3-4,15-20,22,56H,1-2,5-14,21H2,(H2,39,48)(H,40,57)(H,41,58)(H2,38,46,47). The summed E-state index contributed by atoms with van der Waals surface area (Å²) in [6.07, 6.45) is 11.0. The second-order valence-corrected chi connectivity index (χ2v) is 13.7. The Morgan fingerprint density at radius 3 is 2.37 bits per heavy atom. The molecule has 0 aliphatic carbocycles. The number of nitrogens with two attached hydrogens (primary N) is 2. The Morgan fingerprint density at radius 2 is 1.63 bits per heavy atom. The predicted molar refractivity (Wildman–Crippen MR) is 216 cm³/mol. The van der Waals surface area contributed by atoms with Crippen molar-refractivity contribution in [3.8, 4) is 16.9 Å². The van der Waals surface area contributed by atoms with Crippen LogP contribution >= 0.6 is 0 Å². The van der Waals surface area contributed by atoms with Crippen LogP contribution in [0.3, 0.4) is 0 Å². The van der Waals surface area contributed by atoms with E-state index in [0.717, 1.165) is 12.0 Å². The molecule has 0 atom stereocenters. The molecule has 1 fully saturated rings. The van der Waals surface area contributed by atoms with Crippen LogP contribution in [0, 0.1) is 0 Å². The van der Waals surface area contributed by atoms with E-state index in [-0.39, 0.29) is 50.6 Å². The van der Waals surface area contributed by atoms with Crippen LogP contribution in [0.2, 0.25) is 0 Å². The van der Waals surface area contributed by atoms with Gasteiger partial charge in [0.25, 0.3) is 11.9 Å². The molecule has 7 N–H and O–H groups in total. The molecule has 7 heterocycles. The highest BCUT2D eigenvalue weighted by molar-refractivity contribution is 5.99. The Kier molecular flexibility index (Phi) is 11.8. The molecule has 0 radical (unpaired) electrons. The van der Waals surface area contributed by atoms with Crippen LogP contribution in [0.4, 0.5) is 23.7 Å². The van der Waals surface area contributed by atoms with E-state index < -0.39 is 0 Å². The van der Waals surface area contributed by atoms with Gasteiger partial charge in [0.15, 0.2) is 11.2 Å². The molecule has 1 aliphatic heterocycles. The molecule has 1 aliphatic rings. The Morgan fingerprint density at radius 1 is 0.883 bits per heavy atom. The molecule has 1 aromatic carbocycles. The van der Waals surface area contributed by atoms with Gasteiger partial charge >= 0.3 is 0 Å². The number of fused-ring (bicyclic) bond motifs is 2. The molecule has 0 saturated carbocycles. The minimum Gasteiger partial charge on any atom is -0.424 e. The maximum absolute atomic E-state index is 12.7. The fraction of sp³-hybridized carbons (Fsp3) is 0.351. The van der Waals surface area contributed by atoms with Crippen molar-refractivity contribution in [2.75, 3.05) is 73.7 Å². The number of nitrogens with zero attached hydrogens (tertiary/aromatic N) is 14. The van der Waals surface area contributed by atoms with Crippen molar-refractivity contribution in [3.05, 3.63) is 66.8 Å². The van der Waals surface area contributed by atoms with Crippen molar-refractivity contribution in [2.45, 2.75) is 32.4 Å². The fourth-order valence-corrected chi connectivity index (χ4v) is 6.59. The van der Waals surface area contributed by atoms with Gasteiger partial charge in [-0.2, -0.15) is 10.1 Å². The molecule has 60 heavy (non-hydrogen) atoms. The molecular weight excluding hydrogens is 777 g/mol. The number of benzene rings is 1. The highest BCUT2D eigenvalue weighted by Crippen LogP contribution is 2.32. The van der Waals surface area contributed by atoms with Gasteiger partial charge in [0.05, 0.1) is 49.4 Å². The molecule has 1 saturated heterocycles. The number of ether oxygens (including phenoxy) is 1. The molecular formula is C37H42N18O5. The molecule has 7 aromatic rings. The van der Waals surface area contributed by atoms with E-state index >= 15 is 0 Å². The molecule has 0 unspecified atom stereocenters. The van der Waals surface area contributed by atoms with E-state index in [0.29, 0.717) is 108 Å². The number of unbranched alkanes of at least 4 members (excludes halogenated alkanes) is 1. The minimum atomic E-state index is -0.319. The van der Waals surface area contributed by atoms with Crippen LogP contribution in [0.25, 0.3) is 39.1 Å². The number of hydrogen-bond donors (Lipinski definition) is 5. The highest BCUT2D eigenvalue weighted by Gasteiger charge is 2.22. The third-order valence-electron chi connectivity index (χ3n) is 9.70. The largest absolute Gasteiger partial charge is 0.424 e. The maximum Gasteiger partial charge on any atom is 0.292 e. The van der Waals surface area contributed by atoms with Crippen molar-refractivity contribution in [3.63, 3.8) is 0 Å². The summed E-state index contributed by atoms with van der Waals surface area (Å²) in [6.45, 7) is 4.19. The van der Waals surface area contributed by atoms with Crippen molar-refractivity contribution >= 4 is 57.7 Å². The summed E-state index contributed by atoms with van der Waals surface area (Å²) in [5.74, 6) is 0.998. The van der Waals surface area contributed by atoms with E-state index in [1.54, 1.807) is 29.3 Å².